The molecule has 6 heteroatoms. The summed E-state index contributed by atoms with van der Waals surface area (Å²) in [7, 11) is -3.67. The molecule has 3 rings (SSSR count). The van der Waals surface area contributed by atoms with E-state index in [0.29, 0.717) is 13.0 Å². The maximum Gasteiger partial charge on any atom is 0.270 e. The van der Waals surface area contributed by atoms with Gasteiger partial charge in [-0.25, -0.2) is 8.42 Å². The lowest BCUT2D eigenvalue weighted by Gasteiger charge is -2.28. The van der Waals surface area contributed by atoms with Gasteiger partial charge in [-0.3, -0.25) is 9.80 Å². The van der Waals surface area contributed by atoms with Crippen molar-refractivity contribution < 1.29 is 13.2 Å². The van der Waals surface area contributed by atoms with Crippen LogP contribution in [0.1, 0.15) is 27.9 Å². The molecule has 0 atom stereocenters. The van der Waals surface area contributed by atoms with Crippen LogP contribution >= 0.6 is 0 Å². The fourth-order valence-corrected chi connectivity index (χ4v) is 3.99. The Morgan fingerprint density at radius 1 is 1.04 bits per heavy atom. The summed E-state index contributed by atoms with van der Waals surface area (Å²) in [6, 6.07) is 14.3. The van der Waals surface area contributed by atoms with Crippen LogP contribution in [-0.2, 0) is 16.4 Å². The van der Waals surface area contributed by atoms with Gasteiger partial charge in [0.05, 0.1) is 10.5 Å². The van der Waals surface area contributed by atoms with E-state index < -0.39 is 10.0 Å². The summed E-state index contributed by atoms with van der Waals surface area (Å²) in [5, 5.41) is 1.19. The van der Waals surface area contributed by atoms with E-state index in [9.17, 15) is 13.2 Å². The summed E-state index contributed by atoms with van der Waals surface area (Å²) in [4.78, 5) is 14.8. The molecule has 1 aliphatic rings. The second kappa shape index (κ2) is 6.14. The van der Waals surface area contributed by atoms with E-state index in [2.05, 4.69) is 4.83 Å². The van der Waals surface area contributed by atoms with Crippen molar-refractivity contribution in [3.63, 3.8) is 0 Å². The van der Waals surface area contributed by atoms with Gasteiger partial charge < -0.3 is 0 Å². The Kier molecular flexibility index (Phi) is 4.19. The molecule has 0 aliphatic carbocycles. The number of carbonyl (C=O) groups is 1. The summed E-state index contributed by atoms with van der Waals surface area (Å²) in [5.74, 6) is -0.305. The van der Waals surface area contributed by atoms with Crippen LogP contribution in [-0.4, -0.2) is 25.9 Å². The van der Waals surface area contributed by atoms with Crippen molar-refractivity contribution in [1.82, 2.24) is 9.84 Å². The molecule has 0 unspecified atom stereocenters. The van der Waals surface area contributed by atoms with Crippen molar-refractivity contribution in [1.29, 1.82) is 0 Å². The Morgan fingerprint density at radius 2 is 1.74 bits per heavy atom. The molecule has 1 aliphatic heterocycles. The Balaban J connectivity index is 1.73. The van der Waals surface area contributed by atoms with Crippen molar-refractivity contribution in [3.8, 4) is 0 Å². The predicted octanol–water partition coefficient (Wildman–Crippen LogP) is 2.28. The van der Waals surface area contributed by atoms with Gasteiger partial charge in [0, 0.05) is 6.54 Å². The molecule has 0 saturated carbocycles. The smallest absolute Gasteiger partial charge is 0.268 e. The number of nitrogens with zero attached hydrogens (tertiary/aromatic N) is 1. The molecular formula is C17H18N2O3S. The van der Waals surface area contributed by atoms with Gasteiger partial charge in [0.1, 0.15) is 0 Å². The first-order valence-corrected chi connectivity index (χ1v) is 8.95. The topological polar surface area (TPSA) is 66.5 Å². The predicted molar refractivity (Wildman–Crippen MR) is 87.3 cm³/mol. The van der Waals surface area contributed by atoms with E-state index in [4.69, 9.17) is 0 Å². The van der Waals surface area contributed by atoms with Gasteiger partial charge in [-0.1, -0.05) is 36.4 Å². The first-order chi connectivity index (χ1) is 11.0. The molecule has 1 heterocycles. The third-order valence-electron chi connectivity index (χ3n) is 3.97. The minimum absolute atomic E-state index is 0.0418. The lowest BCUT2D eigenvalue weighted by molar-refractivity contribution is 0.0700. The minimum Gasteiger partial charge on any atom is -0.268 e. The summed E-state index contributed by atoms with van der Waals surface area (Å²) in [6.07, 6.45) is 1.47. The Bertz CT molecular complexity index is 846. The molecule has 0 saturated heterocycles. The number of sulfonamides is 1. The van der Waals surface area contributed by atoms with Crippen LogP contribution in [0.3, 0.4) is 0 Å². The Hall–Kier alpha value is -2.18. The highest BCUT2D eigenvalue weighted by molar-refractivity contribution is 7.89. The fraction of sp³-hybridized carbons (Fsp3) is 0.235. The van der Waals surface area contributed by atoms with E-state index in [0.717, 1.165) is 6.42 Å². The van der Waals surface area contributed by atoms with Crippen LogP contribution in [0.5, 0.6) is 0 Å². The van der Waals surface area contributed by atoms with Gasteiger partial charge in [0.25, 0.3) is 15.9 Å². The number of rotatable bonds is 4. The van der Waals surface area contributed by atoms with E-state index in [1.165, 1.54) is 22.2 Å². The van der Waals surface area contributed by atoms with Crippen LogP contribution in [0.2, 0.25) is 0 Å². The Labute approximate surface area is 136 Å². The molecule has 2 aromatic rings. The maximum absolute atomic E-state index is 12.4. The second-order valence-electron chi connectivity index (χ2n) is 5.58. The summed E-state index contributed by atoms with van der Waals surface area (Å²) in [5.41, 5.74) is 2.63. The van der Waals surface area contributed by atoms with E-state index in [-0.39, 0.29) is 16.4 Å². The molecule has 23 heavy (non-hydrogen) atoms. The molecule has 0 radical (unpaired) electrons. The van der Waals surface area contributed by atoms with Crippen LogP contribution in [0.4, 0.5) is 0 Å². The number of amides is 1. The largest absolute Gasteiger partial charge is 0.270 e. The highest BCUT2D eigenvalue weighted by Gasteiger charge is 2.33. The van der Waals surface area contributed by atoms with Crippen LogP contribution in [0, 0.1) is 6.92 Å². The van der Waals surface area contributed by atoms with Crippen LogP contribution in [0.25, 0.3) is 0 Å². The quantitative estimate of drug-likeness (QED) is 0.935. The average molecular weight is 330 g/mol. The fourth-order valence-electron chi connectivity index (χ4n) is 2.72. The van der Waals surface area contributed by atoms with Gasteiger partial charge in [-0.05, 0) is 43.0 Å². The number of hydrazine groups is 1. The number of aryl methyl sites for hydroxylation is 2. The Morgan fingerprint density at radius 3 is 2.52 bits per heavy atom. The van der Waals surface area contributed by atoms with Gasteiger partial charge >= 0.3 is 0 Å². The molecule has 0 spiro atoms. The van der Waals surface area contributed by atoms with Crippen molar-refractivity contribution in [2.24, 2.45) is 0 Å². The van der Waals surface area contributed by atoms with Crippen molar-refractivity contribution in [2.75, 3.05) is 6.54 Å². The third kappa shape index (κ3) is 3.13. The third-order valence-corrected chi connectivity index (χ3v) is 5.37. The zero-order valence-corrected chi connectivity index (χ0v) is 13.6. The lowest BCUT2D eigenvalue weighted by Crippen LogP contribution is -2.50. The monoisotopic (exact) mass is 330 g/mol. The molecule has 5 nitrogen and oxygen atoms in total. The number of hydrogen-bond donors (Lipinski definition) is 1. The molecule has 120 valence electrons. The maximum atomic E-state index is 12.4. The lowest BCUT2D eigenvalue weighted by atomic mass is 10.0. The highest BCUT2D eigenvalue weighted by atomic mass is 32.2. The van der Waals surface area contributed by atoms with Gasteiger partial charge in [0.15, 0.2) is 0 Å². The SMILES string of the molecule is Cc1ccccc1CCCN1NS(=O)(=O)c2ccccc2C1=O. The molecule has 1 amide bonds. The minimum atomic E-state index is -3.67. The number of hydrogen-bond acceptors (Lipinski definition) is 3. The average Bonchev–Trinajstić information content (AvgIpc) is 2.54. The van der Waals surface area contributed by atoms with E-state index in [1.807, 2.05) is 31.2 Å². The van der Waals surface area contributed by atoms with E-state index in [1.54, 1.807) is 18.2 Å². The zero-order chi connectivity index (χ0) is 16.4. The van der Waals surface area contributed by atoms with Crippen LogP contribution < -0.4 is 4.83 Å². The normalized spacial score (nSPS) is 16.2. The molecule has 1 N–H and O–H groups in total. The zero-order valence-electron chi connectivity index (χ0n) is 12.8. The standard InChI is InChI=1S/C17H18N2O3S/c1-13-7-2-3-8-14(13)9-6-12-19-17(20)15-10-4-5-11-16(15)23(21,22)18-19/h2-5,7-8,10-11,18H,6,9,12H2,1H3. The second-order valence-corrected chi connectivity index (χ2v) is 7.21. The molecular weight excluding hydrogens is 312 g/mol. The summed E-state index contributed by atoms with van der Waals surface area (Å²) < 4.78 is 24.4. The summed E-state index contributed by atoms with van der Waals surface area (Å²) in [6.45, 7) is 2.38. The van der Waals surface area contributed by atoms with Gasteiger partial charge in [0.2, 0.25) is 0 Å². The molecule has 2 aromatic carbocycles. The van der Waals surface area contributed by atoms with Gasteiger partial charge in [-0.15, -0.1) is 4.83 Å². The molecule has 0 aromatic heterocycles. The highest BCUT2D eigenvalue weighted by Crippen LogP contribution is 2.22. The summed E-state index contributed by atoms with van der Waals surface area (Å²) >= 11 is 0. The molecule has 0 fully saturated rings. The van der Waals surface area contributed by atoms with Crippen molar-refractivity contribution in [3.05, 3.63) is 65.2 Å². The number of carbonyl (C=O) groups excluding carboxylic acids is 1. The number of fused-ring (bicyclic) bond motifs is 1. The molecule has 0 bridgehead atoms. The first kappa shape index (κ1) is 15.7. The number of nitrogens with one attached hydrogen (secondary N) is 1. The van der Waals surface area contributed by atoms with Crippen LogP contribution in [0.15, 0.2) is 53.4 Å². The number of benzene rings is 2. The van der Waals surface area contributed by atoms with Crippen molar-refractivity contribution in [2.45, 2.75) is 24.7 Å². The van der Waals surface area contributed by atoms with Crippen molar-refractivity contribution >= 4 is 15.9 Å². The van der Waals surface area contributed by atoms with Gasteiger partial charge in [-0.2, -0.15) is 0 Å². The first-order valence-electron chi connectivity index (χ1n) is 7.47. The van der Waals surface area contributed by atoms with E-state index >= 15 is 0 Å².